The number of hydrogen-bond donors (Lipinski definition) is 0. The van der Waals surface area contributed by atoms with Gasteiger partial charge in [-0.25, -0.2) is 0 Å². The van der Waals surface area contributed by atoms with Crippen LogP contribution >= 0.6 is 0 Å². The second kappa shape index (κ2) is 8.74. The van der Waals surface area contributed by atoms with E-state index in [0.717, 1.165) is 16.9 Å². The van der Waals surface area contributed by atoms with Crippen LogP contribution in [-0.2, 0) is 28.7 Å². The van der Waals surface area contributed by atoms with Gasteiger partial charge >= 0.3 is 0 Å². The molecule has 202 valence electrons. The third kappa shape index (κ3) is 3.56. The molecule has 4 amide bonds. The summed E-state index contributed by atoms with van der Waals surface area (Å²) < 4.78 is 11.9. The predicted octanol–water partition coefficient (Wildman–Crippen LogP) is -0.198. The fourth-order valence-electron chi connectivity index (χ4n) is 7.58. The van der Waals surface area contributed by atoms with Crippen LogP contribution in [0.15, 0.2) is 11.6 Å². The van der Waals surface area contributed by atoms with Crippen LogP contribution < -0.4 is 0 Å². The summed E-state index contributed by atoms with van der Waals surface area (Å²) in [7, 11) is 15.4. The van der Waals surface area contributed by atoms with Crippen LogP contribution in [0.4, 0.5) is 0 Å². The van der Waals surface area contributed by atoms with Gasteiger partial charge < -0.3 is 19.1 Å². The molecule has 11 unspecified atom stereocenters. The van der Waals surface area contributed by atoms with Crippen LogP contribution in [0, 0.1) is 17.8 Å². The molecule has 12 heteroatoms. The highest BCUT2D eigenvalue weighted by Gasteiger charge is 2.66. The Morgan fingerprint density at radius 3 is 1.87 bits per heavy atom. The standard InChI is InChI=1S/C13H19BN2O3.C13H17BN2O3/c2*1-6-5-13(3)10(16(14)7(6)2)8-9(19-13)12(18)15(4)11(8)17/h6-10H,5H2,1-4H3;5,7-10H,1-4H3. The molecule has 0 N–H and O–H groups in total. The molecule has 0 aliphatic carbocycles. The number of likely N-dealkylation sites (N-methyl/N-ethyl adjacent to an activating group) is 2. The Hall–Kier alpha value is -2.01. The summed E-state index contributed by atoms with van der Waals surface area (Å²) in [5.74, 6) is -1.45. The molecule has 6 rings (SSSR count). The molecule has 0 bridgehead atoms. The molecule has 6 aliphatic heterocycles. The monoisotopic (exact) mass is 522 g/mol. The van der Waals surface area contributed by atoms with Crippen LogP contribution in [0.2, 0.25) is 0 Å². The maximum atomic E-state index is 12.3. The molecular formula is C26H36B2N4O6. The number of carbonyl (C=O) groups excluding carboxylic acids is 4. The first kappa shape index (κ1) is 27.6. The van der Waals surface area contributed by atoms with E-state index in [1.165, 1.54) is 19.0 Å². The smallest absolute Gasteiger partial charge is 0.258 e. The van der Waals surface area contributed by atoms with Gasteiger partial charge in [0, 0.05) is 32.2 Å². The average Bonchev–Trinajstić information content (AvgIpc) is 3.46. The number of fused-ring (bicyclic) bond motifs is 6. The summed E-state index contributed by atoms with van der Waals surface area (Å²) in [6, 6.07) is -0.300. The lowest BCUT2D eigenvalue weighted by Gasteiger charge is -2.50. The third-order valence-electron chi connectivity index (χ3n) is 9.99. The highest BCUT2D eigenvalue weighted by molar-refractivity contribution is 6.10. The van der Waals surface area contributed by atoms with Gasteiger partial charge in [-0.3, -0.25) is 29.0 Å². The molecule has 5 saturated heterocycles. The topological polar surface area (TPSA) is 99.7 Å². The molecule has 5 fully saturated rings. The number of likely N-dealkylation sites (tertiary alicyclic amines) is 2. The first-order valence-electron chi connectivity index (χ1n) is 13.3. The van der Waals surface area contributed by atoms with E-state index < -0.39 is 35.2 Å². The lowest BCUT2D eigenvalue weighted by molar-refractivity contribution is -0.151. The third-order valence-corrected chi connectivity index (χ3v) is 9.99. The maximum Gasteiger partial charge on any atom is 0.258 e. The number of nitrogens with zero attached hydrogens (tertiary/aromatic N) is 4. The second-order valence-electron chi connectivity index (χ2n) is 12.4. The number of ether oxygens (including phenoxy) is 2. The number of amides is 4. The van der Waals surface area contributed by atoms with Gasteiger partial charge in [0.15, 0.2) is 28.2 Å². The minimum Gasteiger partial charge on any atom is -0.360 e. The molecule has 0 aromatic heterocycles. The van der Waals surface area contributed by atoms with Gasteiger partial charge in [-0.15, -0.1) is 0 Å². The SMILES string of the molecule is [B]N1C(C)C(C)=CC2(C)OC3C(=O)N(C)C(=O)C3C12.[B]N1C(C)C(C)CC2(C)OC3C(=O)N(C)C(=O)C3C12. The Labute approximate surface area is 226 Å². The van der Waals surface area contributed by atoms with Gasteiger partial charge in [-0.2, -0.15) is 0 Å². The van der Waals surface area contributed by atoms with E-state index >= 15 is 0 Å². The Morgan fingerprint density at radius 2 is 1.32 bits per heavy atom. The van der Waals surface area contributed by atoms with E-state index in [4.69, 9.17) is 25.4 Å². The molecule has 0 spiro atoms. The number of imide groups is 2. The van der Waals surface area contributed by atoms with E-state index in [9.17, 15) is 19.2 Å². The van der Waals surface area contributed by atoms with Gasteiger partial charge in [0.05, 0.1) is 17.4 Å². The van der Waals surface area contributed by atoms with Crippen molar-refractivity contribution >= 4 is 39.6 Å². The van der Waals surface area contributed by atoms with Crippen LogP contribution in [0.1, 0.15) is 48.0 Å². The van der Waals surface area contributed by atoms with Crippen molar-refractivity contribution in [3.63, 3.8) is 0 Å². The molecule has 10 nitrogen and oxygen atoms in total. The highest BCUT2D eigenvalue weighted by Crippen LogP contribution is 2.50. The van der Waals surface area contributed by atoms with Crippen LogP contribution in [0.25, 0.3) is 0 Å². The maximum absolute atomic E-state index is 12.3. The normalized spacial score (nSPS) is 48.4. The molecule has 0 saturated carbocycles. The summed E-state index contributed by atoms with van der Waals surface area (Å²) in [4.78, 5) is 54.4. The van der Waals surface area contributed by atoms with Gasteiger partial charge in [-0.1, -0.05) is 25.5 Å². The Balaban J connectivity index is 0.000000155. The van der Waals surface area contributed by atoms with Crippen molar-refractivity contribution in [2.45, 2.75) is 95.5 Å². The zero-order valence-corrected chi connectivity index (χ0v) is 23.4. The van der Waals surface area contributed by atoms with Crippen LogP contribution in [-0.4, -0.2) is 121 Å². The van der Waals surface area contributed by atoms with Crippen molar-refractivity contribution in [3.05, 3.63) is 11.6 Å². The molecule has 0 aromatic rings. The van der Waals surface area contributed by atoms with E-state index in [0.29, 0.717) is 5.92 Å². The van der Waals surface area contributed by atoms with Gasteiger partial charge in [0.2, 0.25) is 11.8 Å². The molecule has 6 aliphatic rings. The summed E-state index contributed by atoms with van der Waals surface area (Å²) >= 11 is 0. The van der Waals surface area contributed by atoms with Crippen LogP contribution in [0.5, 0.6) is 0 Å². The van der Waals surface area contributed by atoms with E-state index in [1.807, 2.05) is 33.8 Å². The zero-order chi connectivity index (χ0) is 28.2. The number of rotatable bonds is 0. The van der Waals surface area contributed by atoms with Gasteiger partial charge in [0.25, 0.3) is 11.8 Å². The lowest BCUT2D eigenvalue weighted by Crippen LogP contribution is -2.61. The Bertz CT molecular complexity index is 1140. The lowest BCUT2D eigenvalue weighted by atomic mass is 9.72. The second-order valence-corrected chi connectivity index (χ2v) is 12.4. The minimum absolute atomic E-state index is 0.0363. The minimum atomic E-state index is -0.701. The molecule has 6 heterocycles. The van der Waals surface area contributed by atoms with Crippen molar-refractivity contribution < 1.29 is 28.7 Å². The highest BCUT2D eigenvalue weighted by atomic mass is 16.5. The molecule has 38 heavy (non-hydrogen) atoms. The first-order valence-corrected chi connectivity index (χ1v) is 13.3. The van der Waals surface area contributed by atoms with Crippen molar-refractivity contribution in [1.29, 1.82) is 0 Å². The molecular weight excluding hydrogens is 486 g/mol. The van der Waals surface area contributed by atoms with E-state index in [2.05, 4.69) is 13.8 Å². The fourth-order valence-corrected chi connectivity index (χ4v) is 7.58. The van der Waals surface area contributed by atoms with Gasteiger partial charge in [0.1, 0.15) is 5.60 Å². The molecule has 11 atom stereocenters. The van der Waals surface area contributed by atoms with E-state index in [-0.39, 0.29) is 47.8 Å². The Morgan fingerprint density at radius 1 is 0.816 bits per heavy atom. The Kier molecular flexibility index (Phi) is 6.34. The average molecular weight is 522 g/mol. The number of hydrogen-bond acceptors (Lipinski definition) is 8. The summed E-state index contributed by atoms with van der Waals surface area (Å²) in [5.41, 5.74) is -0.0926. The van der Waals surface area contributed by atoms with Crippen molar-refractivity contribution in [2.75, 3.05) is 14.1 Å². The molecule has 0 aromatic carbocycles. The fraction of sp³-hybridized carbons (Fsp3) is 0.769. The number of piperidine rings is 1. The van der Waals surface area contributed by atoms with Gasteiger partial charge in [-0.05, 0) is 46.1 Å². The van der Waals surface area contributed by atoms with Crippen molar-refractivity contribution in [1.82, 2.24) is 19.4 Å². The molecule has 4 radical (unpaired) electrons. The largest absolute Gasteiger partial charge is 0.360 e. The zero-order valence-electron chi connectivity index (χ0n) is 23.4. The summed E-state index contributed by atoms with van der Waals surface area (Å²) in [6.07, 6.45) is 1.47. The van der Waals surface area contributed by atoms with E-state index in [1.54, 1.807) is 9.62 Å². The predicted molar refractivity (Wildman–Crippen MR) is 138 cm³/mol. The first-order chi connectivity index (χ1) is 17.6. The number of carbonyl (C=O) groups is 4. The summed E-state index contributed by atoms with van der Waals surface area (Å²) in [5, 5.41) is 0. The summed E-state index contributed by atoms with van der Waals surface area (Å²) in [6.45, 7) is 12.0. The van der Waals surface area contributed by atoms with Crippen LogP contribution in [0.3, 0.4) is 0 Å². The quantitative estimate of drug-likeness (QED) is 0.245. The van der Waals surface area contributed by atoms with Crippen molar-refractivity contribution in [2.24, 2.45) is 17.8 Å². The van der Waals surface area contributed by atoms with Crippen molar-refractivity contribution in [3.8, 4) is 0 Å².